The summed E-state index contributed by atoms with van der Waals surface area (Å²) in [5, 5.41) is 19.6. The van der Waals surface area contributed by atoms with Gasteiger partial charge in [0.2, 0.25) is 0 Å². The van der Waals surface area contributed by atoms with Gasteiger partial charge < -0.3 is 24.3 Å². The topological polar surface area (TPSA) is 76.7 Å². The smallest absolute Gasteiger partial charge is 0.161 e. The summed E-state index contributed by atoms with van der Waals surface area (Å²) in [4.78, 5) is 4.85. The Morgan fingerprint density at radius 2 is 1.85 bits per heavy atom. The monoisotopic (exact) mass is 444 g/mol. The van der Waals surface area contributed by atoms with E-state index in [9.17, 15) is 10.2 Å². The second kappa shape index (κ2) is 10.3. The number of imidazole rings is 1. The number of methoxy groups -OCH3 is 1. The third-order valence-electron chi connectivity index (χ3n) is 5.39. The van der Waals surface area contributed by atoms with Gasteiger partial charge in [0.05, 0.1) is 37.4 Å². The van der Waals surface area contributed by atoms with Gasteiger partial charge in [-0.3, -0.25) is 0 Å². The van der Waals surface area contributed by atoms with Crippen LogP contribution in [0.15, 0.2) is 72.8 Å². The highest BCUT2D eigenvalue weighted by Crippen LogP contribution is 2.34. The lowest BCUT2D eigenvalue weighted by Gasteiger charge is -2.15. The number of aliphatic hydroxyl groups excluding tert-OH is 2. The fourth-order valence-corrected chi connectivity index (χ4v) is 3.78. The number of aromatic nitrogens is 2. The molecular weight excluding hydrogens is 416 g/mol. The Hall–Kier alpha value is -3.61. The minimum absolute atomic E-state index is 0.222. The van der Waals surface area contributed by atoms with Gasteiger partial charge in [-0.1, -0.05) is 48.6 Å². The summed E-state index contributed by atoms with van der Waals surface area (Å²) in [7, 11) is 1.61. The Labute approximate surface area is 193 Å². The van der Waals surface area contributed by atoms with Gasteiger partial charge in [-0.2, -0.15) is 0 Å². The Morgan fingerprint density at radius 1 is 1.03 bits per heavy atom. The van der Waals surface area contributed by atoms with E-state index in [-0.39, 0.29) is 13.2 Å². The highest BCUT2D eigenvalue weighted by Gasteiger charge is 2.17. The minimum atomic E-state index is -0.897. The van der Waals surface area contributed by atoms with Crippen LogP contribution in [0, 0.1) is 0 Å². The number of fused-ring (bicyclic) bond motifs is 1. The molecule has 0 aliphatic heterocycles. The van der Waals surface area contributed by atoms with Gasteiger partial charge in [0, 0.05) is 5.56 Å². The van der Waals surface area contributed by atoms with Gasteiger partial charge in [0.25, 0.3) is 0 Å². The van der Waals surface area contributed by atoms with E-state index < -0.39 is 6.10 Å². The Morgan fingerprint density at radius 3 is 2.58 bits per heavy atom. The van der Waals surface area contributed by atoms with E-state index in [0.717, 1.165) is 27.7 Å². The summed E-state index contributed by atoms with van der Waals surface area (Å²) in [5.41, 5.74) is 4.64. The van der Waals surface area contributed by atoms with E-state index in [1.807, 2.05) is 90.4 Å². The molecule has 0 bridgehead atoms. The predicted molar refractivity (Wildman–Crippen MR) is 130 cm³/mol. The molecule has 2 N–H and O–H groups in total. The molecule has 0 radical (unpaired) electrons. The molecule has 0 saturated heterocycles. The van der Waals surface area contributed by atoms with Crippen molar-refractivity contribution in [2.45, 2.75) is 26.2 Å². The molecule has 170 valence electrons. The average molecular weight is 445 g/mol. The van der Waals surface area contributed by atoms with Gasteiger partial charge in [-0.05, 0) is 48.4 Å². The number of nitrogens with zero attached hydrogens (tertiary/aromatic N) is 2. The zero-order valence-corrected chi connectivity index (χ0v) is 18.8. The number of hydrogen-bond acceptors (Lipinski definition) is 5. The van der Waals surface area contributed by atoms with Crippen LogP contribution in [0.1, 0.15) is 18.1 Å². The molecular formula is C27H28N2O4. The molecule has 6 heteroatoms. The van der Waals surface area contributed by atoms with Crippen LogP contribution in [0.3, 0.4) is 0 Å². The number of allylic oxidation sites excluding steroid dienone is 1. The second-order valence-electron chi connectivity index (χ2n) is 7.77. The Kier molecular flexibility index (Phi) is 7.07. The van der Waals surface area contributed by atoms with Gasteiger partial charge >= 0.3 is 0 Å². The number of ether oxygens (including phenoxy) is 2. The summed E-state index contributed by atoms with van der Waals surface area (Å²) in [5.74, 6) is 1.92. The Bertz CT molecular complexity index is 1250. The van der Waals surface area contributed by atoms with Crippen molar-refractivity contribution in [3.05, 3.63) is 83.9 Å². The van der Waals surface area contributed by atoms with Crippen LogP contribution < -0.4 is 9.47 Å². The van der Waals surface area contributed by atoms with Crippen LogP contribution in [0.25, 0.3) is 28.5 Å². The largest absolute Gasteiger partial charge is 0.493 e. The maximum Gasteiger partial charge on any atom is 0.161 e. The standard InChI is InChI=1S/C27H28N2O4/c1-3-7-19-10-12-24-23(14-19)28-27(29(24)16-22(31)17-30)21-11-13-25(26(15-21)32-2)33-18-20-8-5-4-6-9-20/h3-15,22,30-31H,16-18H2,1-2H3/b7-3+. The first-order valence-corrected chi connectivity index (χ1v) is 10.9. The number of aliphatic hydroxyl groups is 2. The highest BCUT2D eigenvalue weighted by molar-refractivity contribution is 5.83. The van der Waals surface area contributed by atoms with Crippen LogP contribution in [0.2, 0.25) is 0 Å². The molecule has 1 unspecified atom stereocenters. The number of benzene rings is 3. The quantitative estimate of drug-likeness (QED) is 0.392. The van der Waals surface area contributed by atoms with Crippen molar-refractivity contribution in [3.8, 4) is 22.9 Å². The number of hydrogen-bond donors (Lipinski definition) is 2. The minimum Gasteiger partial charge on any atom is -0.493 e. The third kappa shape index (κ3) is 5.08. The fraction of sp³-hybridized carbons (Fsp3) is 0.222. The lowest BCUT2D eigenvalue weighted by molar-refractivity contribution is 0.0824. The second-order valence-corrected chi connectivity index (χ2v) is 7.77. The van der Waals surface area contributed by atoms with Crippen molar-refractivity contribution < 1.29 is 19.7 Å². The van der Waals surface area contributed by atoms with Crippen molar-refractivity contribution in [1.29, 1.82) is 0 Å². The molecule has 0 aliphatic carbocycles. The van der Waals surface area contributed by atoms with Crippen molar-refractivity contribution in [2.75, 3.05) is 13.7 Å². The normalized spacial score (nSPS) is 12.4. The van der Waals surface area contributed by atoms with Crippen LogP contribution >= 0.6 is 0 Å². The van der Waals surface area contributed by atoms with Crippen LogP contribution in [0.5, 0.6) is 11.5 Å². The molecule has 0 amide bonds. The molecule has 0 aliphatic rings. The predicted octanol–water partition coefficient (Wildman–Crippen LogP) is 4.68. The van der Waals surface area contributed by atoms with E-state index >= 15 is 0 Å². The molecule has 4 aromatic rings. The lowest BCUT2D eigenvalue weighted by atomic mass is 10.1. The van der Waals surface area contributed by atoms with E-state index in [1.54, 1.807) is 7.11 Å². The third-order valence-corrected chi connectivity index (χ3v) is 5.39. The summed E-state index contributed by atoms with van der Waals surface area (Å²) >= 11 is 0. The fourth-order valence-electron chi connectivity index (χ4n) is 3.78. The molecule has 4 rings (SSSR count). The van der Waals surface area contributed by atoms with Crippen molar-refractivity contribution in [1.82, 2.24) is 9.55 Å². The first kappa shape index (κ1) is 22.6. The first-order chi connectivity index (χ1) is 16.1. The van der Waals surface area contributed by atoms with Gasteiger partial charge in [0.1, 0.15) is 12.4 Å². The zero-order valence-electron chi connectivity index (χ0n) is 18.8. The summed E-state index contributed by atoms with van der Waals surface area (Å²) in [6.07, 6.45) is 3.10. The van der Waals surface area contributed by atoms with Crippen LogP contribution in [-0.4, -0.2) is 39.6 Å². The van der Waals surface area contributed by atoms with Gasteiger partial charge in [-0.15, -0.1) is 0 Å². The Balaban J connectivity index is 1.72. The maximum atomic E-state index is 10.2. The van der Waals surface area contributed by atoms with Crippen LogP contribution in [-0.2, 0) is 13.2 Å². The molecule has 1 heterocycles. The van der Waals surface area contributed by atoms with Gasteiger partial charge in [0.15, 0.2) is 11.5 Å². The molecule has 0 fully saturated rings. The SMILES string of the molecule is C/C=C/c1ccc2c(c1)nc(-c1ccc(OCc3ccccc3)c(OC)c1)n2CC(O)CO. The summed E-state index contributed by atoms with van der Waals surface area (Å²) < 4.78 is 13.5. The first-order valence-electron chi connectivity index (χ1n) is 10.9. The maximum absolute atomic E-state index is 10.2. The van der Waals surface area contributed by atoms with Gasteiger partial charge in [-0.25, -0.2) is 4.98 Å². The molecule has 33 heavy (non-hydrogen) atoms. The van der Waals surface area contributed by atoms with Crippen molar-refractivity contribution in [2.24, 2.45) is 0 Å². The highest BCUT2D eigenvalue weighted by atomic mass is 16.5. The number of rotatable bonds is 9. The van der Waals surface area contributed by atoms with Crippen molar-refractivity contribution >= 4 is 17.1 Å². The molecule has 0 spiro atoms. The van der Waals surface area contributed by atoms with E-state index in [0.29, 0.717) is 23.9 Å². The summed E-state index contributed by atoms with van der Waals surface area (Å²) in [6.45, 7) is 2.30. The molecule has 0 saturated carbocycles. The molecule has 3 aromatic carbocycles. The molecule has 1 atom stereocenters. The zero-order chi connectivity index (χ0) is 23.2. The molecule has 1 aromatic heterocycles. The average Bonchev–Trinajstić information content (AvgIpc) is 3.20. The molecule has 6 nitrogen and oxygen atoms in total. The lowest BCUT2D eigenvalue weighted by Crippen LogP contribution is -2.20. The van der Waals surface area contributed by atoms with E-state index in [2.05, 4.69) is 0 Å². The van der Waals surface area contributed by atoms with E-state index in [1.165, 1.54) is 0 Å². The van der Waals surface area contributed by atoms with Crippen molar-refractivity contribution in [3.63, 3.8) is 0 Å². The summed E-state index contributed by atoms with van der Waals surface area (Å²) in [6, 6.07) is 21.6. The van der Waals surface area contributed by atoms with E-state index in [4.69, 9.17) is 14.5 Å². The van der Waals surface area contributed by atoms with Crippen LogP contribution in [0.4, 0.5) is 0 Å².